The summed E-state index contributed by atoms with van der Waals surface area (Å²) in [7, 11) is 0. The third-order valence-corrected chi connectivity index (χ3v) is 4.23. The van der Waals surface area contributed by atoms with Crippen LogP contribution in [0, 0.1) is 0 Å². The molecule has 0 bridgehead atoms. The first-order valence-corrected chi connectivity index (χ1v) is 7.22. The van der Waals surface area contributed by atoms with E-state index in [0.29, 0.717) is 25.5 Å². The number of carbonyl (C=O) groups is 1. The highest BCUT2D eigenvalue weighted by Gasteiger charge is 2.25. The second-order valence-electron chi connectivity index (χ2n) is 4.61. The van der Waals surface area contributed by atoms with Crippen LogP contribution < -0.4 is 0 Å². The lowest BCUT2D eigenvalue weighted by Gasteiger charge is -2.26. The molecule has 0 unspecified atom stereocenters. The Labute approximate surface area is 115 Å². The number of aromatic nitrogens is 2. The lowest BCUT2D eigenvalue weighted by atomic mass is 10.2. The summed E-state index contributed by atoms with van der Waals surface area (Å²) in [5.74, 6) is -0.0243. The van der Waals surface area contributed by atoms with E-state index in [1.165, 1.54) is 17.7 Å². The van der Waals surface area contributed by atoms with Gasteiger partial charge in [0.05, 0.1) is 6.61 Å². The van der Waals surface area contributed by atoms with Gasteiger partial charge in [-0.05, 0) is 24.8 Å². The standard InChI is InChI=1S/C13H15N3O2S/c1-9-2-5-18-6-4-16(9)13(17)11-10-3-7-19-12(10)15-8-14-11/h3,7-9H,2,4-6H2,1H3/t9-/m0/s1. The number of hydrogen-bond acceptors (Lipinski definition) is 5. The van der Waals surface area contributed by atoms with Crippen molar-refractivity contribution in [3.63, 3.8) is 0 Å². The van der Waals surface area contributed by atoms with Crippen molar-refractivity contribution in [1.29, 1.82) is 0 Å². The number of rotatable bonds is 1. The quantitative estimate of drug-likeness (QED) is 0.799. The van der Waals surface area contributed by atoms with Gasteiger partial charge in [-0.2, -0.15) is 0 Å². The van der Waals surface area contributed by atoms with E-state index in [9.17, 15) is 4.79 Å². The van der Waals surface area contributed by atoms with Gasteiger partial charge < -0.3 is 9.64 Å². The maximum atomic E-state index is 12.7. The fourth-order valence-electron chi connectivity index (χ4n) is 2.29. The lowest BCUT2D eigenvalue weighted by molar-refractivity contribution is 0.0683. The lowest BCUT2D eigenvalue weighted by Crippen LogP contribution is -2.39. The van der Waals surface area contributed by atoms with Crippen molar-refractivity contribution in [3.8, 4) is 0 Å². The molecule has 5 nitrogen and oxygen atoms in total. The Kier molecular flexibility index (Phi) is 3.44. The highest BCUT2D eigenvalue weighted by atomic mass is 32.1. The fourth-order valence-corrected chi connectivity index (χ4v) is 3.03. The van der Waals surface area contributed by atoms with Crippen molar-refractivity contribution < 1.29 is 9.53 Å². The Morgan fingerprint density at radius 3 is 3.26 bits per heavy atom. The van der Waals surface area contributed by atoms with E-state index >= 15 is 0 Å². The van der Waals surface area contributed by atoms with E-state index in [0.717, 1.165) is 16.6 Å². The molecule has 0 N–H and O–H groups in total. The molecule has 3 heterocycles. The highest BCUT2D eigenvalue weighted by molar-refractivity contribution is 7.16. The Morgan fingerprint density at radius 1 is 1.47 bits per heavy atom. The van der Waals surface area contributed by atoms with Crippen molar-refractivity contribution >= 4 is 27.5 Å². The number of nitrogens with zero attached hydrogens (tertiary/aromatic N) is 3. The molecular formula is C13H15N3O2S. The largest absolute Gasteiger partial charge is 0.380 e. The Balaban J connectivity index is 1.96. The van der Waals surface area contributed by atoms with Gasteiger partial charge in [-0.3, -0.25) is 4.79 Å². The molecule has 19 heavy (non-hydrogen) atoms. The summed E-state index contributed by atoms with van der Waals surface area (Å²) in [6.07, 6.45) is 2.33. The van der Waals surface area contributed by atoms with Crippen LogP contribution in [0.15, 0.2) is 17.8 Å². The summed E-state index contributed by atoms with van der Waals surface area (Å²) in [5, 5.41) is 2.78. The van der Waals surface area contributed by atoms with Crippen LogP contribution in [0.1, 0.15) is 23.8 Å². The maximum absolute atomic E-state index is 12.7. The minimum absolute atomic E-state index is 0.0243. The van der Waals surface area contributed by atoms with Crippen LogP contribution >= 0.6 is 11.3 Å². The molecule has 1 aliphatic rings. The average Bonchev–Trinajstić information content (AvgIpc) is 2.80. The van der Waals surface area contributed by atoms with Crippen molar-refractivity contribution in [2.75, 3.05) is 19.8 Å². The van der Waals surface area contributed by atoms with Gasteiger partial charge in [0.2, 0.25) is 0 Å². The van der Waals surface area contributed by atoms with Crippen molar-refractivity contribution in [2.24, 2.45) is 0 Å². The van der Waals surface area contributed by atoms with Gasteiger partial charge in [0.25, 0.3) is 5.91 Å². The molecule has 1 fully saturated rings. The molecule has 0 spiro atoms. The molecule has 0 aromatic carbocycles. The van der Waals surface area contributed by atoms with Crippen LogP contribution in [-0.2, 0) is 4.74 Å². The number of hydrogen-bond donors (Lipinski definition) is 0. The van der Waals surface area contributed by atoms with E-state index in [4.69, 9.17) is 4.74 Å². The van der Waals surface area contributed by atoms with Crippen LogP contribution in [0.5, 0.6) is 0 Å². The van der Waals surface area contributed by atoms with Crippen molar-refractivity contribution in [3.05, 3.63) is 23.5 Å². The second-order valence-corrected chi connectivity index (χ2v) is 5.50. The SMILES string of the molecule is C[C@H]1CCOCCN1C(=O)c1ncnc2sccc12. The van der Waals surface area contributed by atoms with E-state index in [2.05, 4.69) is 16.9 Å². The molecular weight excluding hydrogens is 262 g/mol. The number of carbonyl (C=O) groups excluding carboxylic acids is 1. The van der Waals surface area contributed by atoms with E-state index < -0.39 is 0 Å². The first-order valence-electron chi connectivity index (χ1n) is 6.34. The third-order valence-electron chi connectivity index (χ3n) is 3.41. The normalized spacial score (nSPS) is 20.5. The molecule has 1 aliphatic heterocycles. The van der Waals surface area contributed by atoms with Gasteiger partial charge in [0.1, 0.15) is 16.9 Å². The van der Waals surface area contributed by atoms with Gasteiger partial charge in [0.15, 0.2) is 0 Å². The zero-order valence-corrected chi connectivity index (χ0v) is 11.5. The first-order chi connectivity index (χ1) is 9.27. The Hall–Kier alpha value is -1.53. The van der Waals surface area contributed by atoms with Crippen molar-refractivity contribution in [1.82, 2.24) is 14.9 Å². The van der Waals surface area contributed by atoms with Crippen molar-refractivity contribution in [2.45, 2.75) is 19.4 Å². The molecule has 0 radical (unpaired) electrons. The van der Waals surface area contributed by atoms with E-state index in [-0.39, 0.29) is 11.9 Å². The second kappa shape index (κ2) is 5.22. The Bertz CT molecular complexity index is 598. The molecule has 1 amide bonds. The predicted octanol–water partition coefficient (Wildman–Crippen LogP) is 1.94. The summed E-state index contributed by atoms with van der Waals surface area (Å²) in [6, 6.07) is 2.09. The van der Waals surface area contributed by atoms with Crippen LogP contribution in [0.25, 0.3) is 10.2 Å². The molecule has 0 saturated carbocycles. The number of ether oxygens (including phenoxy) is 1. The number of fused-ring (bicyclic) bond motifs is 1. The van der Waals surface area contributed by atoms with Gasteiger partial charge in [0, 0.05) is 24.6 Å². The van der Waals surface area contributed by atoms with Crippen LogP contribution in [0.4, 0.5) is 0 Å². The summed E-state index contributed by atoms with van der Waals surface area (Å²) in [4.78, 5) is 23.7. The molecule has 1 saturated heterocycles. The third kappa shape index (κ3) is 2.33. The van der Waals surface area contributed by atoms with Gasteiger partial charge in [-0.15, -0.1) is 11.3 Å². The summed E-state index contributed by atoms with van der Waals surface area (Å²) in [6.45, 7) is 3.98. The van der Waals surface area contributed by atoms with Crippen LogP contribution in [0.2, 0.25) is 0 Å². The molecule has 2 aromatic heterocycles. The fraction of sp³-hybridized carbons (Fsp3) is 0.462. The average molecular weight is 277 g/mol. The first kappa shape index (κ1) is 12.5. The number of amides is 1. The summed E-state index contributed by atoms with van der Waals surface area (Å²) in [5.41, 5.74) is 0.500. The summed E-state index contributed by atoms with van der Waals surface area (Å²) < 4.78 is 5.43. The van der Waals surface area contributed by atoms with Crippen LogP contribution in [-0.4, -0.2) is 46.6 Å². The maximum Gasteiger partial charge on any atom is 0.273 e. The molecule has 6 heteroatoms. The van der Waals surface area contributed by atoms with Gasteiger partial charge in [-0.25, -0.2) is 9.97 Å². The van der Waals surface area contributed by atoms with E-state index in [1.54, 1.807) is 0 Å². The number of thiophene rings is 1. The topological polar surface area (TPSA) is 55.3 Å². The molecule has 100 valence electrons. The monoisotopic (exact) mass is 277 g/mol. The summed E-state index contributed by atoms with van der Waals surface area (Å²) >= 11 is 1.52. The van der Waals surface area contributed by atoms with Gasteiger partial charge in [-0.1, -0.05) is 0 Å². The Morgan fingerprint density at radius 2 is 2.37 bits per heavy atom. The zero-order valence-electron chi connectivity index (χ0n) is 10.7. The molecule has 1 atom stereocenters. The van der Waals surface area contributed by atoms with Crippen LogP contribution in [0.3, 0.4) is 0 Å². The minimum Gasteiger partial charge on any atom is -0.380 e. The predicted molar refractivity (Wildman–Crippen MR) is 73.3 cm³/mol. The van der Waals surface area contributed by atoms with E-state index in [1.807, 2.05) is 16.3 Å². The van der Waals surface area contributed by atoms with Gasteiger partial charge >= 0.3 is 0 Å². The molecule has 0 aliphatic carbocycles. The minimum atomic E-state index is -0.0243. The smallest absolute Gasteiger partial charge is 0.273 e. The highest BCUT2D eigenvalue weighted by Crippen LogP contribution is 2.22. The zero-order chi connectivity index (χ0) is 13.2. The molecule has 2 aromatic rings. The molecule has 3 rings (SSSR count).